The standard InChI is InChI=1S/C12H12F6N2/c1-7-3-2-4-20(7)10-6-8(11(13,14)15)5-9(19-10)12(16,17)18/h5-7H,2-4H2,1H3. The monoisotopic (exact) mass is 298 g/mol. The summed E-state index contributed by atoms with van der Waals surface area (Å²) in [6, 6.07) is 0.605. The fraction of sp³-hybridized carbons (Fsp3) is 0.583. The van der Waals surface area contributed by atoms with Gasteiger partial charge in [-0.3, -0.25) is 0 Å². The van der Waals surface area contributed by atoms with Crippen LogP contribution in [-0.2, 0) is 12.4 Å². The molecule has 0 saturated carbocycles. The maximum Gasteiger partial charge on any atom is 0.433 e. The minimum absolute atomic E-state index is 0.0459. The van der Waals surface area contributed by atoms with Crippen molar-refractivity contribution < 1.29 is 26.3 Å². The molecule has 112 valence electrons. The van der Waals surface area contributed by atoms with Gasteiger partial charge in [0.05, 0.1) is 5.56 Å². The van der Waals surface area contributed by atoms with Crippen LogP contribution in [0, 0.1) is 0 Å². The van der Waals surface area contributed by atoms with E-state index in [1.165, 1.54) is 4.90 Å². The molecule has 1 unspecified atom stereocenters. The lowest BCUT2D eigenvalue weighted by Crippen LogP contribution is -2.28. The maximum absolute atomic E-state index is 12.7. The normalized spacial score (nSPS) is 20.6. The van der Waals surface area contributed by atoms with Gasteiger partial charge in [-0.2, -0.15) is 26.3 Å². The van der Waals surface area contributed by atoms with Crippen LogP contribution in [0.2, 0.25) is 0 Å². The van der Waals surface area contributed by atoms with Gasteiger partial charge < -0.3 is 4.90 Å². The van der Waals surface area contributed by atoms with Gasteiger partial charge in [0, 0.05) is 12.6 Å². The number of alkyl halides is 6. The zero-order valence-corrected chi connectivity index (χ0v) is 10.5. The number of hydrogen-bond acceptors (Lipinski definition) is 2. The molecule has 0 spiro atoms. The second-order valence-corrected chi connectivity index (χ2v) is 4.78. The van der Waals surface area contributed by atoms with Crippen molar-refractivity contribution in [2.24, 2.45) is 0 Å². The van der Waals surface area contributed by atoms with Gasteiger partial charge in [0.1, 0.15) is 11.5 Å². The Balaban J connectivity index is 2.51. The van der Waals surface area contributed by atoms with Crippen molar-refractivity contribution >= 4 is 5.82 Å². The molecular formula is C12H12F6N2. The van der Waals surface area contributed by atoms with Crippen molar-refractivity contribution in [2.75, 3.05) is 11.4 Å². The third kappa shape index (κ3) is 2.99. The molecule has 2 rings (SSSR count). The van der Waals surface area contributed by atoms with Gasteiger partial charge in [0.25, 0.3) is 0 Å². The van der Waals surface area contributed by atoms with Crippen molar-refractivity contribution in [1.82, 2.24) is 4.98 Å². The summed E-state index contributed by atoms with van der Waals surface area (Å²) in [7, 11) is 0. The Morgan fingerprint density at radius 1 is 1.10 bits per heavy atom. The number of halogens is 6. The molecular weight excluding hydrogens is 286 g/mol. The predicted octanol–water partition coefficient (Wildman–Crippen LogP) is 4.11. The molecule has 8 heteroatoms. The van der Waals surface area contributed by atoms with E-state index in [0.29, 0.717) is 12.6 Å². The average molecular weight is 298 g/mol. The molecule has 2 nitrogen and oxygen atoms in total. The molecule has 0 radical (unpaired) electrons. The summed E-state index contributed by atoms with van der Waals surface area (Å²) in [6.45, 7) is 2.16. The first-order valence-electron chi connectivity index (χ1n) is 6.02. The number of nitrogens with zero attached hydrogens (tertiary/aromatic N) is 2. The first kappa shape index (κ1) is 14.9. The van der Waals surface area contributed by atoms with Crippen molar-refractivity contribution in [2.45, 2.75) is 38.2 Å². The van der Waals surface area contributed by atoms with Crippen molar-refractivity contribution in [3.63, 3.8) is 0 Å². The van der Waals surface area contributed by atoms with Crippen LogP contribution in [0.1, 0.15) is 31.0 Å². The highest BCUT2D eigenvalue weighted by Crippen LogP contribution is 2.37. The summed E-state index contributed by atoms with van der Waals surface area (Å²) in [5.41, 5.74) is -2.84. The zero-order chi connectivity index (χ0) is 15.1. The van der Waals surface area contributed by atoms with E-state index < -0.39 is 23.6 Å². The maximum atomic E-state index is 12.7. The Bertz CT molecular complexity index is 461. The summed E-state index contributed by atoms with van der Waals surface area (Å²) < 4.78 is 76.1. The lowest BCUT2D eigenvalue weighted by molar-refractivity contribution is -0.145. The fourth-order valence-electron chi connectivity index (χ4n) is 2.25. The lowest BCUT2D eigenvalue weighted by Gasteiger charge is -2.24. The van der Waals surface area contributed by atoms with Crippen molar-refractivity contribution in [3.05, 3.63) is 23.4 Å². The van der Waals surface area contributed by atoms with Crippen LogP contribution < -0.4 is 4.90 Å². The highest BCUT2D eigenvalue weighted by Gasteiger charge is 2.39. The minimum atomic E-state index is -4.90. The SMILES string of the molecule is CC1CCCN1c1cc(C(F)(F)F)cc(C(F)(F)F)n1. The van der Waals surface area contributed by atoms with Crippen LogP contribution >= 0.6 is 0 Å². The fourth-order valence-corrected chi connectivity index (χ4v) is 2.25. The Morgan fingerprint density at radius 2 is 1.75 bits per heavy atom. The number of hydrogen-bond donors (Lipinski definition) is 0. The van der Waals surface area contributed by atoms with Crippen molar-refractivity contribution in [3.8, 4) is 0 Å². The number of rotatable bonds is 1. The first-order valence-corrected chi connectivity index (χ1v) is 6.02. The Kier molecular flexibility index (Phi) is 3.60. The minimum Gasteiger partial charge on any atom is -0.354 e. The Labute approximate surface area is 111 Å². The van der Waals surface area contributed by atoms with Gasteiger partial charge in [-0.1, -0.05) is 0 Å². The highest BCUT2D eigenvalue weighted by molar-refractivity contribution is 5.46. The molecule has 1 aromatic heterocycles. The van der Waals surface area contributed by atoms with Crippen molar-refractivity contribution in [1.29, 1.82) is 0 Å². The smallest absolute Gasteiger partial charge is 0.354 e. The molecule has 0 N–H and O–H groups in total. The molecule has 2 heterocycles. The van der Waals surface area contributed by atoms with Crippen LogP contribution in [0.4, 0.5) is 32.2 Å². The molecule has 1 saturated heterocycles. The first-order chi connectivity index (χ1) is 9.09. The second-order valence-electron chi connectivity index (χ2n) is 4.78. The van der Waals surface area contributed by atoms with Crippen LogP contribution in [0.3, 0.4) is 0 Å². The Morgan fingerprint density at radius 3 is 2.20 bits per heavy atom. The summed E-state index contributed by atoms with van der Waals surface area (Å²) >= 11 is 0. The third-order valence-corrected chi connectivity index (χ3v) is 3.28. The number of anilines is 1. The zero-order valence-electron chi connectivity index (χ0n) is 10.5. The number of aromatic nitrogens is 1. The molecule has 1 fully saturated rings. The van der Waals surface area contributed by atoms with Gasteiger partial charge in [-0.15, -0.1) is 0 Å². The number of pyridine rings is 1. The molecule has 20 heavy (non-hydrogen) atoms. The van der Waals surface area contributed by atoms with E-state index in [1.54, 1.807) is 6.92 Å². The molecule has 1 aromatic rings. The van der Waals surface area contributed by atoms with E-state index in [-0.39, 0.29) is 17.9 Å². The van der Waals surface area contributed by atoms with E-state index in [9.17, 15) is 26.3 Å². The summed E-state index contributed by atoms with van der Waals surface area (Å²) in [5, 5.41) is 0. The Hall–Kier alpha value is -1.47. The van der Waals surface area contributed by atoms with Gasteiger partial charge in [-0.25, -0.2) is 4.98 Å². The van der Waals surface area contributed by atoms with E-state index in [2.05, 4.69) is 4.98 Å². The predicted molar refractivity (Wildman–Crippen MR) is 60.3 cm³/mol. The molecule has 1 aliphatic rings. The van der Waals surface area contributed by atoms with E-state index in [4.69, 9.17) is 0 Å². The molecule has 1 atom stereocenters. The van der Waals surface area contributed by atoms with Crippen LogP contribution in [-0.4, -0.2) is 17.6 Å². The summed E-state index contributed by atoms with van der Waals surface area (Å²) in [4.78, 5) is 4.83. The highest BCUT2D eigenvalue weighted by atomic mass is 19.4. The molecule has 0 aromatic carbocycles. The van der Waals surface area contributed by atoms with Gasteiger partial charge in [0.15, 0.2) is 0 Å². The van der Waals surface area contributed by atoms with E-state index >= 15 is 0 Å². The second kappa shape index (κ2) is 4.82. The van der Waals surface area contributed by atoms with Crippen LogP contribution in [0.15, 0.2) is 12.1 Å². The van der Waals surface area contributed by atoms with Gasteiger partial charge >= 0.3 is 12.4 Å². The lowest BCUT2D eigenvalue weighted by atomic mass is 10.2. The van der Waals surface area contributed by atoms with E-state index in [1.807, 2.05) is 0 Å². The molecule has 1 aliphatic heterocycles. The average Bonchev–Trinajstić information content (AvgIpc) is 2.72. The summed E-state index contributed by atoms with van der Waals surface area (Å²) in [6.07, 6.45) is -8.29. The molecule has 0 bridgehead atoms. The molecule has 0 amide bonds. The van der Waals surface area contributed by atoms with E-state index in [0.717, 1.165) is 12.8 Å². The summed E-state index contributed by atoms with van der Waals surface area (Å²) in [5.74, 6) is -0.267. The quantitative estimate of drug-likeness (QED) is 0.725. The van der Waals surface area contributed by atoms with Crippen LogP contribution in [0.25, 0.3) is 0 Å². The molecule has 0 aliphatic carbocycles. The van der Waals surface area contributed by atoms with Crippen LogP contribution in [0.5, 0.6) is 0 Å². The third-order valence-electron chi connectivity index (χ3n) is 3.28. The van der Waals surface area contributed by atoms with Gasteiger partial charge in [-0.05, 0) is 31.9 Å². The topological polar surface area (TPSA) is 16.1 Å². The largest absolute Gasteiger partial charge is 0.433 e. The van der Waals surface area contributed by atoms with Gasteiger partial charge in [0.2, 0.25) is 0 Å².